The van der Waals surface area contributed by atoms with Crippen molar-refractivity contribution in [3.63, 3.8) is 0 Å². The van der Waals surface area contributed by atoms with Crippen molar-refractivity contribution in [3.05, 3.63) is 90.0 Å². The zero-order valence-corrected chi connectivity index (χ0v) is 19.6. The van der Waals surface area contributed by atoms with Crippen LogP contribution in [0.3, 0.4) is 0 Å². The molecule has 35 heavy (non-hydrogen) atoms. The molecule has 1 aromatic heterocycles. The zero-order chi connectivity index (χ0) is 24.2. The van der Waals surface area contributed by atoms with Gasteiger partial charge in [0.2, 0.25) is 5.91 Å². The van der Waals surface area contributed by atoms with Crippen LogP contribution in [0.15, 0.2) is 73.1 Å². The molecule has 0 saturated heterocycles. The number of amides is 2. The van der Waals surface area contributed by atoms with Crippen LogP contribution in [0.4, 0.5) is 15.8 Å². The fourth-order valence-electron chi connectivity index (χ4n) is 5.25. The number of rotatable bonds is 7. The van der Waals surface area contributed by atoms with Crippen LogP contribution in [0.25, 0.3) is 0 Å². The Kier molecular flexibility index (Phi) is 6.86. The third-order valence-electron chi connectivity index (χ3n) is 6.87. The van der Waals surface area contributed by atoms with Crippen molar-refractivity contribution in [1.29, 1.82) is 0 Å². The highest BCUT2D eigenvalue weighted by atomic mass is 19.1. The van der Waals surface area contributed by atoms with Crippen molar-refractivity contribution < 1.29 is 14.0 Å². The van der Waals surface area contributed by atoms with Crippen molar-refractivity contribution in [2.75, 3.05) is 16.3 Å². The summed E-state index contributed by atoms with van der Waals surface area (Å²) in [6.45, 7) is 0.489. The highest BCUT2D eigenvalue weighted by Crippen LogP contribution is 2.44. The number of nitrogens with one attached hydrogen (secondary N) is 1. The van der Waals surface area contributed by atoms with Gasteiger partial charge in [-0.25, -0.2) is 4.39 Å². The molecule has 1 aliphatic heterocycles. The number of halogens is 1. The van der Waals surface area contributed by atoms with E-state index in [9.17, 15) is 14.0 Å². The maximum atomic E-state index is 14.3. The second-order valence-electron chi connectivity index (χ2n) is 9.16. The highest BCUT2D eigenvalue weighted by molar-refractivity contribution is 6.12. The van der Waals surface area contributed by atoms with Gasteiger partial charge in [0.15, 0.2) is 0 Å². The van der Waals surface area contributed by atoms with Crippen LogP contribution in [0.5, 0.6) is 0 Å². The Balaban J connectivity index is 1.47. The van der Waals surface area contributed by atoms with Crippen molar-refractivity contribution in [1.82, 2.24) is 10.3 Å². The van der Waals surface area contributed by atoms with Gasteiger partial charge in [-0.3, -0.25) is 19.5 Å². The number of pyridine rings is 1. The number of carbonyl (C=O) groups is 2. The Hall–Kier alpha value is -3.58. The van der Waals surface area contributed by atoms with Crippen molar-refractivity contribution in [2.24, 2.45) is 0 Å². The smallest absolute Gasteiger partial charge is 0.255 e. The molecule has 2 heterocycles. The molecule has 1 saturated carbocycles. The number of hydrogen-bond donors (Lipinski definition) is 1. The maximum Gasteiger partial charge on any atom is 0.255 e. The van der Waals surface area contributed by atoms with Gasteiger partial charge in [-0.15, -0.1) is 0 Å². The van der Waals surface area contributed by atoms with Crippen molar-refractivity contribution in [3.8, 4) is 0 Å². The van der Waals surface area contributed by atoms with E-state index in [0.717, 1.165) is 42.5 Å². The Morgan fingerprint density at radius 3 is 2.57 bits per heavy atom. The minimum absolute atomic E-state index is 0.00815. The first-order chi connectivity index (χ1) is 17.1. The van der Waals surface area contributed by atoms with Gasteiger partial charge in [0, 0.05) is 41.9 Å². The molecule has 0 radical (unpaired) electrons. The predicted molar refractivity (Wildman–Crippen MR) is 133 cm³/mol. The van der Waals surface area contributed by atoms with Crippen LogP contribution >= 0.6 is 0 Å². The van der Waals surface area contributed by atoms with E-state index in [1.807, 2.05) is 41.3 Å². The molecule has 0 spiro atoms. The van der Waals surface area contributed by atoms with E-state index in [1.54, 1.807) is 24.5 Å². The SMILES string of the molecule is O=C1C(N(C(=O)CNCc2ccncc2)c2cccc(F)c2)c2ccccc2N1C1CCCCC1. The lowest BCUT2D eigenvalue weighted by Crippen LogP contribution is -2.47. The third kappa shape index (κ3) is 4.82. The number of hydrogen-bond acceptors (Lipinski definition) is 4. The molecule has 1 N–H and O–H groups in total. The first-order valence-electron chi connectivity index (χ1n) is 12.2. The van der Waals surface area contributed by atoms with E-state index in [1.165, 1.54) is 23.5 Å². The molecule has 2 aromatic carbocycles. The van der Waals surface area contributed by atoms with Gasteiger partial charge in [-0.05, 0) is 54.8 Å². The van der Waals surface area contributed by atoms with Gasteiger partial charge in [-0.1, -0.05) is 43.5 Å². The molecular weight excluding hydrogens is 443 g/mol. The first-order valence-corrected chi connectivity index (χ1v) is 12.2. The molecule has 1 aliphatic carbocycles. The number of fused-ring (bicyclic) bond motifs is 1. The van der Waals surface area contributed by atoms with Gasteiger partial charge in [0.05, 0.1) is 6.54 Å². The second-order valence-corrected chi connectivity index (χ2v) is 9.16. The van der Waals surface area contributed by atoms with E-state index >= 15 is 0 Å². The van der Waals surface area contributed by atoms with Crippen LogP contribution in [0.2, 0.25) is 0 Å². The molecule has 1 fully saturated rings. The van der Waals surface area contributed by atoms with E-state index in [-0.39, 0.29) is 24.4 Å². The number of carbonyl (C=O) groups excluding carboxylic acids is 2. The molecule has 2 amide bonds. The largest absolute Gasteiger partial charge is 0.307 e. The molecule has 3 aromatic rings. The lowest BCUT2D eigenvalue weighted by molar-refractivity contribution is -0.124. The lowest BCUT2D eigenvalue weighted by Gasteiger charge is -2.33. The normalized spacial score (nSPS) is 17.9. The molecule has 1 unspecified atom stereocenters. The topological polar surface area (TPSA) is 65.5 Å². The number of anilines is 2. The van der Waals surface area contributed by atoms with Crippen LogP contribution in [-0.2, 0) is 16.1 Å². The van der Waals surface area contributed by atoms with Crippen molar-refractivity contribution in [2.45, 2.75) is 50.7 Å². The summed E-state index contributed by atoms with van der Waals surface area (Å²) < 4.78 is 14.3. The first kappa shape index (κ1) is 23.2. The molecule has 6 nitrogen and oxygen atoms in total. The Bertz CT molecular complexity index is 1200. The Labute approximate surface area is 204 Å². The monoisotopic (exact) mass is 472 g/mol. The molecule has 2 aliphatic rings. The summed E-state index contributed by atoms with van der Waals surface area (Å²) in [5.41, 5.74) is 3.01. The van der Waals surface area contributed by atoms with Gasteiger partial charge >= 0.3 is 0 Å². The predicted octanol–water partition coefficient (Wildman–Crippen LogP) is 4.76. The quantitative estimate of drug-likeness (QED) is 0.538. The van der Waals surface area contributed by atoms with Crippen molar-refractivity contribution >= 4 is 23.2 Å². The van der Waals surface area contributed by atoms with Gasteiger partial charge in [-0.2, -0.15) is 0 Å². The minimum atomic E-state index is -0.829. The zero-order valence-electron chi connectivity index (χ0n) is 19.6. The van der Waals surface area contributed by atoms with Gasteiger partial charge in [0.25, 0.3) is 5.91 Å². The highest BCUT2D eigenvalue weighted by Gasteiger charge is 2.45. The van der Waals surface area contributed by atoms with Crippen LogP contribution < -0.4 is 15.1 Å². The Morgan fingerprint density at radius 1 is 1.03 bits per heavy atom. The summed E-state index contributed by atoms with van der Waals surface area (Å²) in [7, 11) is 0. The molecule has 180 valence electrons. The van der Waals surface area contributed by atoms with E-state index in [0.29, 0.717) is 12.2 Å². The molecular formula is C28H29FN4O2. The summed E-state index contributed by atoms with van der Waals surface area (Å²) >= 11 is 0. The number of nitrogens with zero attached hydrogens (tertiary/aromatic N) is 3. The molecule has 0 bridgehead atoms. The van der Waals surface area contributed by atoms with Crippen LogP contribution in [0, 0.1) is 5.82 Å². The second kappa shape index (κ2) is 10.4. The number of aromatic nitrogens is 1. The minimum Gasteiger partial charge on any atom is -0.307 e. The average Bonchev–Trinajstić information content (AvgIpc) is 3.17. The third-order valence-corrected chi connectivity index (χ3v) is 6.87. The standard InChI is InChI=1S/C28H29FN4O2/c29-21-7-6-10-23(17-21)33(26(34)19-31-18-20-13-15-30-16-14-20)27-24-11-4-5-12-25(24)32(28(27)35)22-8-2-1-3-9-22/h4-7,10-17,22,27,31H,1-3,8-9,18-19H2. The Morgan fingerprint density at radius 2 is 1.80 bits per heavy atom. The number of para-hydroxylation sites is 1. The summed E-state index contributed by atoms with van der Waals surface area (Å²) in [4.78, 5) is 35.0. The van der Waals surface area contributed by atoms with Crippen LogP contribution in [0.1, 0.15) is 49.3 Å². The summed E-state index contributed by atoms with van der Waals surface area (Å²) in [6.07, 6.45) is 8.67. The fourth-order valence-corrected chi connectivity index (χ4v) is 5.25. The summed E-state index contributed by atoms with van der Waals surface area (Å²) in [6, 6.07) is 16.6. The summed E-state index contributed by atoms with van der Waals surface area (Å²) in [5, 5.41) is 3.17. The molecule has 5 rings (SSSR count). The lowest BCUT2D eigenvalue weighted by atomic mass is 9.94. The average molecular weight is 473 g/mol. The van der Waals surface area contributed by atoms with Crippen LogP contribution in [-0.4, -0.2) is 29.4 Å². The fraction of sp³-hybridized carbons (Fsp3) is 0.321. The molecule has 1 atom stereocenters. The van der Waals surface area contributed by atoms with Gasteiger partial charge in [0.1, 0.15) is 11.9 Å². The van der Waals surface area contributed by atoms with Gasteiger partial charge < -0.3 is 10.2 Å². The van der Waals surface area contributed by atoms with E-state index in [4.69, 9.17) is 0 Å². The number of benzene rings is 2. The van der Waals surface area contributed by atoms with E-state index in [2.05, 4.69) is 10.3 Å². The van der Waals surface area contributed by atoms with E-state index < -0.39 is 11.9 Å². The summed E-state index contributed by atoms with van der Waals surface area (Å²) in [5.74, 6) is -0.860. The molecule has 7 heteroatoms. The maximum absolute atomic E-state index is 14.3.